The van der Waals surface area contributed by atoms with E-state index < -0.39 is 35.0 Å². The lowest BCUT2D eigenvalue weighted by Gasteiger charge is -2.55. The van der Waals surface area contributed by atoms with Crippen LogP contribution in [0.5, 0.6) is 5.75 Å². The molecule has 7 heteroatoms. The Kier molecular flexibility index (Phi) is 7.57. The van der Waals surface area contributed by atoms with E-state index in [-0.39, 0.29) is 35.6 Å². The predicted octanol–water partition coefficient (Wildman–Crippen LogP) is 8.00. The van der Waals surface area contributed by atoms with E-state index in [9.17, 15) is 14.7 Å². The molecule has 2 fully saturated rings. The van der Waals surface area contributed by atoms with Gasteiger partial charge < -0.3 is 5.11 Å². The number of ketones is 2. The molecule has 0 radical (unpaired) electrons. The fourth-order valence-corrected chi connectivity index (χ4v) is 9.56. The first-order valence-electron chi connectivity index (χ1n) is 17.1. The molecule has 4 aromatic carbocycles. The highest BCUT2D eigenvalue weighted by molar-refractivity contribution is 6.33. The average molecular weight is 682 g/mol. The third kappa shape index (κ3) is 4.54. The van der Waals surface area contributed by atoms with Crippen LogP contribution in [0, 0.1) is 44.4 Å². The highest BCUT2D eigenvalue weighted by Crippen LogP contribution is 2.64. The first-order chi connectivity index (χ1) is 24.0. The molecule has 6 atom stereocenters. The van der Waals surface area contributed by atoms with Gasteiger partial charge in [-0.2, -0.15) is 0 Å². The summed E-state index contributed by atoms with van der Waals surface area (Å²) < 4.78 is 0. The molecule has 0 spiro atoms. The van der Waals surface area contributed by atoms with Gasteiger partial charge in [-0.3, -0.25) is 19.2 Å². The molecule has 250 valence electrons. The van der Waals surface area contributed by atoms with E-state index in [4.69, 9.17) is 11.6 Å². The zero-order chi connectivity index (χ0) is 35.1. The summed E-state index contributed by atoms with van der Waals surface area (Å²) in [6, 6.07) is 27.8. The maximum absolute atomic E-state index is 15.2. The van der Waals surface area contributed by atoms with Crippen molar-refractivity contribution in [1.29, 1.82) is 0 Å². The number of anilines is 1. The van der Waals surface area contributed by atoms with Gasteiger partial charge in [0.25, 0.3) is 0 Å². The van der Waals surface area contributed by atoms with Gasteiger partial charge in [-0.15, -0.1) is 0 Å². The molecule has 6 unspecified atom stereocenters. The van der Waals surface area contributed by atoms with E-state index in [1.54, 1.807) is 18.2 Å². The SMILES string of the molecule is Cc1ccc(N2C(=O)C3CC=C4C(CC5C(=O)C(c6ccccc6)=CC(=O)C5(c5ccccc5)C4c4cc(C)c(O)c(C)c4)C3C2=O)cc1Cl. The van der Waals surface area contributed by atoms with Crippen molar-refractivity contribution in [3.8, 4) is 5.75 Å². The van der Waals surface area contributed by atoms with Crippen molar-refractivity contribution < 1.29 is 24.3 Å². The number of nitrogens with zero attached hydrogens (tertiary/aromatic N) is 1. The van der Waals surface area contributed by atoms with E-state index in [0.717, 1.165) is 22.3 Å². The van der Waals surface area contributed by atoms with Crippen LogP contribution in [0.25, 0.3) is 5.57 Å². The van der Waals surface area contributed by atoms with Crippen molar-refractivity contribution in [2.75, 3.05) is 4.90 Å². The summed E-state index contributed by atoms with van der Waals surface area (Å²) in [4.78, 5) is 60.2. The minimum atomic E-state index is -1.32. The Balaban J connectivity index is 1.37. The van der Waals surface area contributed by atoms with E-state index in [0.29, 0.717) is 39.4 Å². The highest BCUT2D eigenvalue weighted by atomic mass is 35.5. The molecular formula is C43H36ClNO5. The van der Waals surface area contributed by atoms with Crippen molar-refractivity contribution in [2.45, 2.75) is 44.9 Å². The largest absolute Gasteiger partial charge is 0.507 e. The van der Waals surface area contributed by atoms with Crippen LogP contribution in [-0.4, -0.2) is 28.5 Å². The number of hydrogen-bond acceptors (Lipinski definition) is 5. The molecule has 0 aromatic heterocycles. The Morgan fingerprint density at radius 3 is 2.10 bits per heavy atom. The fraction of sp³-hybridized carbons (Fsp3) is 0.256. The smallest absolute Gasteiger partial charge is 0.238 e. The number of fused-ring (bicyclic) bond motifs is 4. The number of hydrogen-bond donors (Lipinski definition) is 1. The number of Topliss-reactive ketones (excluding diaryl/α,β-unsaturated/α-hetero) is 1. The molecule has 1 aliphatic heterocycles. The lowest BCUT2D eigenvalue weighted by molar-refractivity contribution is -0.135. The van der Waals surface area contributed by atoms with Crippen LogP contribution >= 0.6 is 11.6 Å². The van der Waals surface area contributed by atoms with Gasteiger partial charge in [-0.1, -0.05) is 102 Å². The summed E-state index contributed by atoms with van der Waals surface area (Å²) in [5.74, 6) is -4.02. The normalized spacial score (nSPS) is 27.4. The maximum atomic E-state index is 15.2. The summed E-state index contributed by atoms with van der Waals surface area (Å²) in [5, 5.41) is 11.3. The fourth-order valence-electron chi connectivity index (χ4n) is 9.38. The van der Waals surface area contributed by atoms with Crippen molar-refractivity contribution in [1.82, 2.24) is 0 Å². The van der Waals surface area contributed by atoms with Crippen LogP contribution in [0.1, 0.15) is 52.1 Å². The topological polar surface area (TPSA) is 91.8 Å². The van der Waals surface area contributed by atoms with E-state index in [1.807, 2.05) is 93.6 Å². The average Bonchev–Trinajstić information content (AvgIpc) is 3.38. The molecule has 4 aliphatic rings. The van der Waals surface area contributed by atoms with E-state index in [1.165, 1.54) is 11.0 Å². The Morgan fingerprint density at radius 2 is 1.44 bits per heavy atom. The van der Waals surface area contributed by atoms with Crippen molar-refractivity contribution in [2.24, 2.45) is 23.7 Å². The molecule has 4 aromatic rings. The first-order valence-corrected chi connectivity index (χ1v) is 17.5. The van der Waals surface area contributed by atoms with Crippen LogP contribution in [-0.2, 0) is 24.6 Å². The summed E-state index contributed by atoms with van der Waals surface area (Å²) in [6.07, 6.45) is 4.13. The van der Waals surface area contributed by atoms with Crippen molar-refractivity contribution in [3.05, 3.63) is 147 Å². The van der Waals surface area contributed by atoms with E-state index in [2.05, 4.69) is 6.08 Å². The van der Waals surface area contributed by atoms with Gasteiger partial charge in [0, 0.05) is 22.4 Å². The number of carbonyl (C=O) groups excluding carboxylic acids is 4. The zero-order valence-corrected chi connectivity index (χ0v) is 28.8. The lowest BCUT2D eigenvalue weighted by atomic mass is 9.44. The van der Waals surface area contributed by atoms with E-state index >= 15 is 9.59 Å². The number of amides is 2. The Labute approximate surface area is 296 Å². The minimum absolute atomic E-state index is 0.156. The third-order valence-electron chi connectivity index (χ3n) is 11.6. The zero-order valence-electron chi connectivity index (χ0n) is 28.0. The number of aryl methyl sites for hydroxylation is 3. The molecule has 2 amide bonds. The Morgan fingerprint density at radius 1 is 0.780 bits per heavy atom. The summed E-state index contributed by atoms with van der Waals surface area (Å²) in [6.45, 7) is 5.52. The molecule has 1 saturated heterocycles. The monoisotopic (exact) mass is 681 g/mol. The number of allylic oxidation sites excluding steroid dienone is 4. The molecule has 1 N–H and O–H groups in total. The summed E-state index contributed by atoms with van der Waals surface area (Å²) in [7, 11) is 0. The molecule has 0 bridgehead atoms. The van der Waals surface area contributed by atoms with Gasteiger partial charge in [0.2, 0.25) is 11.8 Å². The number of imide groups is 1. The van der Waals surface area contributed by atoms with Crippen molar-refractivity contribution >= 4 is 46.2 Å². The van der Waals surface area contributed by atoms with Gasteiger partial charge in [0.15, 0.2) is 11.6 Å². The highest BCUT2D eigenvalue weighted by Gasteiger charge is 2.66. The molecule has 6 nitrogen and oxygen atoms in total. The molecule has 50 heavy (non-hydrogen) atoms. The molecule has 1 heterocycles. The number of carbonyl (C=O) groups is 4. The number of halogens is 1. The lowest BCUT2D eigenvalue weighted by Crippen LogP contribution is -2.58. The van der Waals surface area contributed by atoms with Gasteiger partial charge in [0.1, 0.15) is 5.75 Å². The number of aromatic hydroxyl groups is 1. The summed E-state index contributed by atoms with van der Waals surface area (Å²) in [5.41, 5.74) is 4.68. The molecule has 1 saturated carbocycles. The van der Waals surface area contributed by atoms with Crippen LogP contribution in [0.4, 0.5) is 5.69 Å². The van der Waals surface area contributed by atoms with Gasteiger partial charge in [-0.25, -0.2) is 4.90 Å². The number of phenolic OH excluding ortho intramolecular Hbond substituents is 1. The number of phenols is 1. The van der Waals surface area contributed by atoms with Crippen LogP contribution < -0.4 is 4.90 Å². The number of benzene rings is 4. The second kappa shape index (κ2) is 11.8. The number of rotatable bonds is 4. The first kappa shape index (κ1) is 32.2. The van der Waals surface area contributed by atoms with Gasteiger partial charge >= 0.3 is 0 Å². The Bertz CT molecular complexity index is 2160. The quantitative estimate of drug-likeness (QED) is 0.174. The van der Waals surface area contributed by atoms with Crippen LogP contribution in [0.15, 0.2) is 109 Å². The van der Waals surface area contributed by atoms with Gasteiger partial charge in [-0.05, 0) is 91.1 Å². The molecular weight excluding hydrogens is 646 g/mol. The second-order valence-electron chi connectivity index (χ2n) is 14.2. The van der Waals surface area contributed by atoms with Gasteiger partial charge in [0.05, 0.1) is 22.9 Å². The van der Waals surface area contributed by atoms with Crippen LogP contribution in [0.3, 0.4) is 0 Å². The molecule has 8 rings (SSSR count). The van der Waals surface area contributed by atoms with Crippen molar-refractivity contribution in [3.63, 3.8) is 0 Å². The Hall–Kier alpha value is -5.07. The second-order valence-corrected chi connectivity index (χ2v) is 14.6. The molecule has 3 aliphatic carbocycles. The van der Waals surface area contributed by atoms with Crippen LogP contribution in [0.2, 0.25) is 5.02 Å². The minimum Gasteiger partial charge on any atom is -0.507 e. The third-order valence-corrected chi connectivity index (χ3v) is 12.0. The standard InChI is InChI=1S/C43H36ClNO5/c1-23-14-15-29(20-35(23)44)45-41(49)31-17-16-30-33(37(31)42(45)50)21-34-40(48)32(26-10-6-4-7-11-26)22-36(46)43(34,28-12-8-5-9-13-28)38(30)27-18-24(2)39(47)25(3)19-27/h4-16,18-20,22,31,33-34,37-38,47H,17,21H2,1-3H3. The predicted molar refractivity (Wildman–Crippen MR) is 193 cm³/mol. The summed E-state index contributed by atoms with van der Waals surface area (Å²) >= 11 is 6.47. The maximum Gasteiger partial charge on any atom is 0.238 e.